The van der Waals surface area contributed by atoms with Gasteiger partial charge in [-0.2, -0.15) is 0 Å². The molecule has 0 atom stereocenters. The van der Waals surface area contributed by atoms with Crippen molar-refractivity contribution in [3.05, 3.63) is 47.1 Å². The highest BCUT2D eigenvalue weighted by Gasteiger charge is 2.18. The second-order valence-electron chi connectivity index (χ2n) is 3.29. The Labute approximate surface area is 102 Å². The molecule has 1 aromatic carbocycles. The van der Waals surface area contributed by atoms with E-state index in [4.69, 9.17) is 0 Å². The van der Waals surface area contributed by atoms with Crippen molar-refractivity contribution in [2.45, 2.75) is 0 Å². The fraction of sp³-hybridized carbons (Fsp3) is 0. The normalized spacial score (nSPS) is 10.2. The molecule has 0 aliphatic heterocycles. The third-order valence-corrected chi connectivity index (χ3v) is 2.94. The summed E-state index contributed by atoms with van der Waals surface area (Å²) >= 11 is 3.41. The summed E-state index contributed by atoms with van der Waals surface area (Å²) in [7, 11) is -1.52. The fourth-order valence-corrected chi connectivity index (χ4v) is 1.98. The number of hydrogen-bond acceptors (Lipinski definition) is 3. The lowest BCUT2D eigenvalue weighted by atomic mass is 9.77. The molecule has 2 aromatic rings. The first kappa shape index (κ1) is 11.3. The van der Waals surface area contributed by atoms with Crippen molar-refractivity contribution in [2.24, 2.45) is 0 Å². The molecule has 0 amide bonds. The Bertz CT molecular complexity index is 505. The van der Waals surface area contributed by atoms with Crippen LogP contribution in [0.5, 0.6) is 0 Å². The molecular formula is C11H9BBrNO2. The lowest BCUT2D eigenvalue weighted by Crippen LogP contribution is -2.32. The first-order chi connectivity index (χ1) is 7.70. The minimum atomic E-state index is -1.52. The van der Waals surface area contributed by atoms with Crippen molar-refractivity contribution in [1.29, 1.82) is 0 Å². The average molecular weight is 278 g/mol. The summed E-state index contributed by atoms with van der Waals surface area (Å²) in [6.45, 7) is 0. The van der Waals surface area contributed by atoms with E-state index in [1.165, 1.54) is 0 Å². The highest BCUT2D eigenvalue weighted by Crippen LogP contribution is 2.24. The summed E-state index contributed by atoms with van der Waals surface area (Å²) in [6, 6.07) is 10.9. The highest BCUT2D eigenvalue weighted by atomic mass is 79.9. The Hall–Kier alpha value is -1.17. The van der Waals surface area contributed by atoms with Crippen LogP contribution in [0.1, 0.15) is 0 Å². The zero-order chi connectivity index (χ0) is 11.5. The summed E-state index contributed by atoms with van der Waals surface area (Å²) < 4.78 is 0.871. The van der Waals surface area contributed by atoms with Gasteiger partial charge in [0.05, 0.1) is 5.69 Å². The molecule has 80 valence electrons. The van der Waals surface area contributed by atoms with Crippen LogP contribution in [0.25, 0.3) is 11.3 Å². The molecule has 1 heterocycles. The van der Waals surface area contributed by atoms with Gasteiger partial charge < -0.3 is 10.0 Å². The first-order valence-corrected chi connectivity index (χ1v) is 5.55. The number of halogens is 1. The SMILES string of the molecule is OB(O)c1cccnc1-c1ccccc1Br. The number of rotatable bonds is 2. The van der Waals surface area contributed by atoms with Crippen molar-refractivity contribution >= 4 is 28.5 Å². The van der Waals surface area contributed by atoms with Crippen LogP contribution in [-0.2, 0) is 0 Å². The smallest absolute Gasteiger partial charge is 0.423 e. The van der Waals surface area contributed by atoms with E-state index in [1.54, 1.807) is 18.3 Å². The third kappa shape index (κ3) is 2.16. The van der Waals surface area contributed by atoms with Gasteiger partial charge in [0.1, 0.15) is 0 Å². The van der Waals surface area contributed by atoms with E-state index in [1.807, 2.05) is 24.3 Å². The summed E-state index contributed by atoms with van der Waals surface area (Å²) in [5, 5.41) is 18.5. The zero-order valence-corrected chi connectivity index (χ0v) is 9.92. The van der Waals surface area contributed by atoms with Crippen LogP contribution in [0, 0.1) is 0 Å². The van der Waals surface area contributed by atoms with Crippen LogP contribution in [0.3, 0.4) is 0 Å². The van der Waals surface area contributed by atoms with E-state index < -0.39 is 7.12 Å². The van der Waals surface area contributed by atoms with Gasteiger partial charge in [0.15, 0.2) is 0 Å². The maximum absolute atomic E-state index is 9.26. The number of aromatic nitrogens is 1. The summed E-state index contributed by atoms with van der Waals surface area (Å²) in [5.41, 5.74) is 1.81. The predicted octanol–water partition coefficient (Wildman–Crippen LogP) is 1.19. The number of benzene rings is 1. The molecule has 1 aromatic heterocycles. The fourth-order valence-electron chi connectivity index (χ4n) is 1.50. The Kier molecular flexibility index (Phi) is 3.38. The third-order valence-electron chi connectivity index (χ3n) is 2.25. The minimum Gasteiger partial charge on any atom is -0.423 e. The van der Waals surface area contributed by atoms with Gasteiger partial charge >= 0.3 is 7.12 Å². The molecule has 0 saturated heterocycles. The van der Waals surface area contributed by atoms with Crippen LogP contribution in [-0.4, -0.2) is 22.2 Å². The van der Waals surface area contributed by atoms with Crippen molar-refractivity contribution in [2.75, 3.05) is 0 Å². The molecule has 0 unspecified atom stereocenters. The average Bonchev–Trinajstić information content (AvgIpc) is 2.29. The molecule has 0 spiro atoms. The van der Waals surface area contributed by atoms with E-state index in [0.717, 1.165) is 10.0 Å². The Morgan fingerprint density at radius 2 is 1.81 bits per heavy atom. The molecular weight excluding hydrogens is 269 g/mol. The van der Waals surface area contributed by atoms with E-state index in [2.05, 4.69) is 20.9 Å². The monoisotopic (exact) mass is 277 g/mol. The molecule has 2 N–H and O–H groups in total. The summed E-state index contributed by atoms with van der Waals surface area (Å²) in [4.78, 5) is 4.18. The van der Waals surface area contributed by atoms with E-state index in [9.17, 15) is 10.0 Å². The van der Waals surface area contributed by atoms with Gasteiger partial charge in [-0.1, -0.05) is 40.2 Å². The molecule has 16 heavy (non-hydrogen) atoms. The molecule has 0 fully saturated rings. The lowest BCUT2D eigenvalue weighted by Gasteiger charge is -2.08. The van der Waals surface area contributed by atoms with Crippen molar-refractivity contribution in [3.8, 4) is 11.3 Å². The molecule has 3 nitrogen and oxygen atoms in total. The number of nitrogens with zero attached hydrogens (tertiary/aromatic N) is 1. The van der Waals surface area contributed by atoms with Gasteiger partial charge in [-0.25, -0.2) is 0 Å². The molecule has 0 aliphatic rings. The van der Waals surface area contributed by atoms with Crippen molar-refractivity contribution in [3.63, 3.8) is 0 Å². The van der Waals surface area contributed by atoms with E-state index >= 15 is 0 Å². The predicted molar refractivity (Wildman–Crippen MR) is 67.2 cm³/mol. The topological polar surface area (TPSA) is 53.4 Å². The Morgan fingerprint density at radius 1 is 1.06 bits per heavy atom. The van der Waals surface area contributed by atoms with Gasteiger partial charge in [0, 0.05) is 21.7 Å². The molecule has 0 saturated carbocycles. The minimum absolute atomic E-state index is 0.398. The molecule has 2 rings (SSSR count). The van der Waals surface area contributed by atoms with Gasteiger partial charge in [0.25, 0.3) is 0 Å². The van der Waals surface area contributed by atoms with Crippen LogP contribution < -0.4 is 5.46 Å². The highest BCUT2D eigenvalue weighted by molar-refractivity contribution is 9.10. The summed E-state index contributed by atoms with van der Waals surface area (Å²) in [6.07, 6.45) is 1.63. The summed E-state index contributed by atoms with van der Waals surface area (Å²) in [5.74, 6) is 0. The number of hydrogen-bond donors (Lipinski definition) is 2. The van der Waals surface area contributed by atoms with Crippen molar-refractivity contribution in [1.82, 2.24) is 4.98 Å². The first-order valence-electron chi connectivity index (χ1n) is 4.76. The molecule has 0 bridgehead atoms. The van der Waals surface area contributed by atoms with Crippen LogP contribution >= 0.6 is 15.9 Å². The van der Waals surface area contributed by atoms with Crippen LogP contribution in [0.2, 0.25) is 0 Å². The number of pyridine rings is 1. The zero-order valence-electron chi connectivity index (χ0n) is 8.34. The van der Waals surface area contributed by atoms with Gasteiger partial charge in [-0.05, 0) is 12.1 Å². The van der Waals surface area contributed by atoms with Crippen LogP contribution in [0.15, 0.2) is 47.1 Å². The van der Waals surface area contributed by atoms with Gasteiger partial charge in [-0.15, -0.1) is 0 Å². The molecule has 0 radical (unpaired) electrons. The largest absolute Gasteiger partial charge is 0.490 e. The quantitative estimate of drug-likeness (QED) is 0.811. The Balaban J connectivity index is 2.60. The molecule has 0 aliphatic carbocycles. The maximum Gasteiger partial charge on any atom is 0.490 e. The van der Waals surface area contributed by atoms with E-state index in [-0.39, 0.29) is 0 Å². The Morgan fingerprint density at radius 3 is 2.50 bits per heavy atom. The second-order valence-corrected chi connectivity index (χ2v) is 4.15. The van der Waals surface area contributed by atoms with Crippen molar-refractivity contribution < 1.29 is 10.0 Å². The maximum atomic E-state index is 9.26. The lowest BCUT2D eigenvalue weighted by molar-refractivity contribution is 0.426. The van der Waals surface area contributed by atoms with Gasteiger partial charge in [-0.3, -0.25) is 4.98 Å². The van der Waals surface area contributed by atoms with Crippen LogP contribution in [0.4, 0.5) is 0 Å². The van der Waals surface area contributed by atoms with Gasteiger partial charge in [0.2, 0.25) is 0 Å². The standard InChI is InChI=1S/C11H9BBrNO2/c13-10-6-2-1-4-8(10)11-9(12(15)16)5-3-7-14-11/h1-7,15-16H. The second kappa shape index (κ2) is 4.78. The molecule has 5 heteroatoms. The van der Waals surface area contributed by atoms with E-state index in [0.29, 0.717) is 11.2 Å².